The Morgan fingerprint density at radius 3 is 2.62 bits per heavy atom. The zero-order chi connectivity index (χ0) is 17.6. The van der Waals surface area contributed by atoms with Gasteiger partial charge in [-0.05, 0) is 39.2 Å². The molecule has 1 N–H and O–H groups in total. The van der Waals surface area contributed by atoms with Crippen LogP contribution in [0.15, 0.2) is 42.1 Å². The molecule has 1 aromatic rings. The summed E-state index contributed by atoms with van der Waals surface area (Å²) in [6, 6.07) is 9.61. The fourth-order valence-electron chi connectivity index (χ4n) is 2.17. The molecule has 0 unspecified atom stereocenters. The van der Waals surface area contributed by atoms with Gasteiger partial charge in [-0.2, -0.15) is 0 Å². The second-order valence-corrected chi connectivity index (χ2v) is 6.55. The molecule has 1 aromatic carbocycles. The van der Waals surface area contributed by atoms with E-state index >= 15 is 0 Å². The number of hydrogen-bond acceptors (Lipinski definition) is 4. The van der Waals surface area contributed by atoms with Gasteiger partial charge in [-0.3, -0.25) is 14.9 Å². The Balaban J connectivity index is 1.96. The SMILES string of the molecule is CC(C)(C)OC(=O)NC1=CCCCN(OCc2ccccc2)C1=O. The molecule has 0 spiro atoms. The zero-order valence-corrected chi connectivity index (χ0v) is 14.4. The van der Waals surface area contributed by atoms with Crippen molar-refractivity contribution in [2.75, 3.05) is 6.54 Å². The molecular formula is C18H24N2O4. The first-order valence-corrected chi connectivity index (χ1v) is 8.04. The van der Waals surface area contributed by atoms with Crippen LogP contribution in [0.3, 0.4) is 0 Å². The van der Waals surface area contributed by atoms with E-state index in [2.05, 4.69) is 5.32 Å². The molecule has 1 heterocycles. The first-order valence-electron chi connectivity index (χ1n) is 8.04. The largest absolute Gasteiger partial charge is 0.444 e. The first-order chi connectivity index (χ1) is 11.3. The molecule has 1 aliphatic heterocycles. The number of ether oxygens (including phenoxy) is 1. The standard InChI is InChI=1S/C18H24N2O4/c1-18(2,3)24-17(22)19-15-11-7-8-12-20(16(15)21)23-13-14-9-5-4-6-10-14/h4-6,9-11H,7-8,12-13H2,1-3H3,(H,19,22). The predicted octanol–water partition coefficient (Wildman–Crippen LogP) is 3.15. The van der Waals surface area contributed by atoms with E-state index in [9.17, 15) is 9.59 Å². The Morgan fingerprint density at radius 2 is 1.96 bits per heavy atom. The Bertz CT molecular complexity index is 605. The average molecular weight is 332 g/mol. The van der Waals surface area contributed by atoms with Crippen molar-refractivity contribution in [2.45, 2.75) is 45.8 Å². The molecule has 1 aliphatic rings. The van der Waals surface area contributed by atoms with E-state index in [0.717, 1.165) is 12.0 Å². The van der Waals surface area contributed by atoms with Gasteiger partial charge in [0.25, 0.3) is 5.91 Å². The molecule has 2 rings (SSSR count). The number of nitrogens with one attached hydrogen (secondary N) is 1. The Morgan fingerprint density at radius 1 is 1.25 bits per heavy atom. The van der Waals surface area contributed by atoms with Crippen LogP contribution in [0.25, 0.3) is 0 Å². The summed E-state index contributed by atoms with van der Waals surface area (Å²) in [7, 11) is 0. The van der Waals surface area contributed by atoms with E-state index in [-0.39, 0.29) is 11.6 Å². The molecule has 0 radical (unpaired) electrons. The van der Waals surface area contributed by atoms with Crippen molar-refractivity contribution in [1.29, 1.82) is 0 Å². The van der Waals surface area contributed by atoms with E-state index < -0.39 is 11.7 Å². The second-order valence-electron chi connectivity index (χ2n) is 6.55. The maximum Gasteiger partial charge on any atom is 0.412 e. The highest BCUT2D eigenvalue weighted by Crippen LogP contribution is 2.14. The topological polar surface area (TPSA) is 67.9 Å². The third kappa shape index (κ3) is 5.70. The molecule has 2 amide bonds. The van der Waals surface area contributed by atoms with Gasteiger partial charge in [-0.15, -0.1) is 0 Å². The van der Waals surface area contributed by atoms with Crippen molar-refractivity contribution in [2.24, 2.45) is 0 Å². The van der Waals surface area contributed by atoms with Crippen molar-refractivity contribution in [3.8, 4) is 0 Å². The molecule has 0 fully saturated rings. The summed E-state index contributed by atoms with van der Waals surface area (Å²) in [6.07, 6.45) is 2.51. The molecule has 24 heavy (non-hydrogen) atoms. The summed E-state index contributed by atoms with van der Waals surface area (Å²) in [5.41, 5.74) is 0.539. The Kier molecular flexibility index (Phi) is 5.98. The normalized spacial score (nSPS) is 15.5. The molecule has 0 aliphatic carbocycles. The fraction of sp³-hybridized carbons (Fsp3) is 0.444. The van der Waals surface area contributed by atoms with Crippen LogP contribution in [-0.4, -0.2) is 29.2 Å². The number of allylic oxidation sites excluding steroid dienone is 1. The van der Waals surface area contributed by atoms with E-state index in [1.54, 1.807) is 26.8 Å². The number of carbonyl (C=O) groups excluding carboxylic acids is 2. The maximum atomic E-state index is 12.5. The van der Waals surface area contributed by atoms with Crippen LogP contribution in [0.5, 0.6) is 0 Å². The smallest absolute Gasteiger partial charge is 0.412 e. The molecule has 6 heteroatoms. The minimum Gasteiger partial charge on any atom is -0.444 e. The van der Waals surface area contributed by atoms with Crippen LogP contribution in [0.4, 0.5) is 4.79 Å². The van der Waals surface area contributed by atoms with Gasteiger partial charge >= 0.3 is 6.09 Å². The van der Waals surface area contributed by atoms with Crippen molar-refractivity contribution in [1.82, 2.24) is 10.4 Å². The summed E-state index contributed by atoms with van der Waals surface area (Å²) < 4.78 is 5.19. The van der Waals surface area contributed by atoms with E-state index in [1.807, 2.05) is 30.3 Å². The van der Waals surface area contributed by atoms with Gasteiger partial charge in [0, 0.05) is 6.54 Å². The summed E-state index contributed by atoms with van der Waals surface area (Å²) in [6.45, 7) is 6.08. The number of carbonyl (C=O) groups is 2. The van der Waals surface area contributed by atoms with Crippen molar-refractivity contribution >= 4 is 12.0 Å². The minimum atomic E-state index is -0.646. The monoisotopic (exact) mass is 332 g/mol. The highest BCUT2D eigenvalue weighted by molar-refractivity contribution is 5.95. The van der Waals surface area contributed by atoms with Gasteiger partial charge < -0.3 is 4.74 Å². The summed E-state index contributed by atoms with van der Waals surface area (Å²) >= 11 is 0. The third-order valence-corrected chi connectivity index (χ3v) is 3.24. The van der Waals surface area contributed by atoms with Gasteiger partial charge in [0.05, 0.1) is 0 Å². The van der Waals surface area contributed by atoms with Crippen LogP contribution >= 0.6 is 0 Å². The zero-order valence-electron chi connectivity index (χ0n) is 14.4. The van der Waals surface area contributed by atoms with Gasteiger partial charge in [0.2, 0.25) is 0 Å². The highest BCUT2D eigenvalue weighted by atomic mass is 16.7. The van der Waals surface area contributed by atoms with Gasteiger partial charge in [0.15, 0.2) is 0 Å². The molecule has 0 aromatic heterocycles. The number of benzene rings is 1. The number of hydroxylamine groups is 2. The number of alkyl carbamates (subject to hydrolysis) is 1. The summed E-state index contributed by atoms with van der Waals surface area (Å²) in [4.78, 5) is 30.0. The number of nitrogens with zero attached hydrogens (tertiary/aromatic N) is 1. The van der Waals surface area contributed by atoms with Crippen molar-refractivity contribution < 1.29 is 19.2 Å². The highest BCUT2D eigenvalue weighted by Gasteiger charge is 2.25. The molecular weight excluding hydrogens is 308 g/mol. The first kappa shape index (κ1) is 18.0. The third-order valence-electron chi connectivity index (χ3n) is 3.24. The number of amides is 2. The molecule has 0 atom stereocenters. The van der Waals surface area contributed by atoms with Gasteiger partial charge in [-0.1, -0.05) is 36.4 Å². The number of rotatable bonds is 4. The lowest BCUT2D eigenvalue weighted by Gasteiger charge is -2.23. The predicted molar refractivity (Wildman–Crippen MR) is 89.6 cm³/mol. The molecule has 0 bridgehead atoms. The molecule has 0 saturated carbocycles. The van der Waals surface area contributed by atoms with Gasteiger partial charge in [0.1, 0.15) is 17.9 Å². The van der Waals surface area contributed by atoms with Crippen LogP contribution in [0.2, 0.25) is 0 Å². The minimum absolute atomic E-state index is 0.190. The lowest BCUT2D eigenvalue weighted by molar-refractivity contribution is -0.187. The molecule has 130 valence electrons. The summed E-state index contributed by atoms with van der Waals surface area (Å²) in [5, 5.41) is 3.82. The van der Waals surface area contributed by atoms with Crippen LogP contribution in [-0.2, 0) is 21.0 Å². The van der Waals surface area contributed by atoms with Gasteiger partial charge in [-0.25, -0.2) is 9.86 Å². The molecule has 6 nitrogen and oxygen atoms in total. The summed E-state index contributed by atoms with van der Waals surface area (Å²) in [5.74, 6) is -0.366. The van der Waals surface area contributed by atoms with Crippen LogP contribution < -0.4 is 5.32 Å². The van der Waals surface area contributed by atoms with Crippen LogP contribution in [0.1, 0.15) is 39.2 Å². The average Bonchev–Trinajstić information content (AvgIpc) is 2.67. The van der Waals surface area contributed by atoms with E-state index in [1.165, 1.54) is 5.06 Å². The fourth-order valence-corrected chi connectivity index (χ4v) is 2.17. The van der Waals surface area contributed by atoms with Crippen molar-refractivity contribution in [3.63, 3.8) is 0 Å². The molecule has 0 saturated heterocycles. The Hall–Kier alpha value is -2.34. The van der Waals surface area contributed by atoms with E-state index in [0.29, 0.717) is 19.6 Å². The van der Waals surface area contributed by atoms with E-state index in [4.69, 9.17) is 9.57 Å². The lowest BCUT2D eigenvalue weighted by atomic mass is 10.2. The van der Waals surface area contributed by atoms with Crippen LogP contribution in [0, 0.1) is 0 Å². The second kappa shape index (κ2) is 7.97. The maximum absolute atomic E-state index is 12.5. The number of hydrogen-bond donors (Lipinski definition) is 1. The van der Waals surface area contributed by atoms with Crippen molar-refractivity contribution in [3.05, 3.63) is 47.7 Å². The Labute approximate surface area is 142 Å². The quantitative estimate of drug-likeness (QED) is 0.920. The lowest BCUT2D eigenvalue weighted by Crippen LogP contribution is -2.39.